The van der Waals surface area contributed by atoms with Gasteiger partial charge in [-0.3, -0.25) is 0 Å². The first-order valence-corrected chi connectivity index (χ1v) is 6.93. The minimum atomic E-state index is 0.492. The molecular formula is C15H25NO4. The van der Waals surface area contributed by atoms with Gasteiger partial charge in [-0.05, 0) is 6.07 Å². The van der Waals surface area contributed by atoms with Crippen LogP contribution in [0.15, 0.2) is 24.3 Å². The van der Waals surface area contributed by atoms with Crippen LogP contribution in [-0.4, -0.2) is 46.8 Å². The number of nitrogens with two attached hydrogens (primary N) is 1. The lowest BCUT2D eigenvalue weighted by molar-refractivity contribution is 0.0224. The maximum Gasteiger partial charge on any atom is 0.123 e. The minimum Gasteiger partial charge on any atom is -0.493 e. The summed E-state index contributed by atoms with van der Waals surface area (Å²) in [6.07, 6.45) is 0.844. The zero-order chi connectivity index (χ0) is 14.5. The molecule has 2 N–H and O–H groups in total. The fraction of sp³-hybridized carbons (Fsp3) is 0.600. The number of methoxy groups -OCH3 is 1. The summed E-state index contributed by atoms with van der Waals surface area (Å²) < 4.78 is 21.3. The normalized spacial score (nSPS) is 10.7. The molecule has 0 radical (unpaired) electrons. The fourth-order valence-corrected chi connectivity index (χ4v) is 1.62. The third-order valence-electron chi connectivity index (χ3n) is 2.69. The van der Waals surface area contributed by atoms with Gasteiger partial charge in [0, 0.05) is 32.2 Å². The van der Waals surface area contributed by atoms with Gasteiger partial charge in [-0.1, -0.05) is 18.2 Å². The largest absolute Gasteiger partial charge is 0.493 e. The van der Waals surface area contributed by atoms with Crippen molar-refractivity contribution in [2.45, 2.75) is 13.0 Å². The topological polar surface area (TPSA) is 62.9 Å². The quantitative estimate of drug-likeness (QED) is 0.590. The molecular weight excluding hydrogens is 258 g/mol. The molecule has 0 unspecified atom stereocenters. The minimum absolute atomic E-state index is 0.492. The molecule has 0 amide bonds. The molecule has 0 saturated heterocycles. The summed E-state index contributed by atoms with van der Waals surface area (Å²) in [6, 6.07) is 7.82. The Labute approximate surface area is 121 Å². The number of ether oxygens (including phenoxy) is 4. The zero-order valence-corrected chi connectivity index (χ0v) is 12.2. The Bertz CT molecular complexity index is 346. The molecule has 114 valence electrons. The molecule has 0 atom stereocenters. The zero-order valence-electron chi connectivity index (χ0n) is 12.2. The number of para-hydroxylation sites is 1. The second-order valence-electron chi connectivity index (χ2n) is 4.23. The van der Waals surface area contributed by atoms with Gasteiger partial charge >= 0.3 is 0 Å². The molecule has 0 bridgehead atoms. The average Bonchev–Trinajstić information content (AvgIpc) is 2.49. The predicted molar refractivity (Wildman–Crippen MR) is 78.0 cm³/mol. The maximum absolute atomic E-state index is 5.68. The molecule has 0 aliphatic carbocycles. The molecule has 0 aliphatic heterocycles. The molecule has 0 aromatic heterocycles. The lowest BCUT2D eigenvalue weighted by Crippen LogP contribution is -2.10. The van der Waals surface area contributed by atoms with E-state index in [1.165, 1.54) is 0 Å². The van der Waals surface area contributed by atoms with Gasteiger partial charge in [0.2, 0.25) is 0 Å². The van der Waals surface area contributed by atoms with Crippen LogP contribution in [0.25, 0.3) is 0 Å². The Hall–Kier alpha value is -1.14. The van der Waals surface area contributed by atoms with E-state index in [9.17, 15) is 0 Å². The first-order valence-electron chi connectivity index (χ1n) is 6.93. The Kier molecular flexibility index (Phi) is 9.87. The third-order valence-corrected chi connectivity index (χ3v) is 2.69. The van der Waals surface area contributed by atoms with Crippen LogP contribution in [0.2, 0.25) is 0 Å². The molecule has 0 spiro atoms. The van der Waals surface area contributed by atoms with E-state index in [1.54, 1.807) is 7.11 Å². The van der Waals surface area contributed by atoms with Crippen LogP contribution in [-0.2, 0) is 20.8 Å². The highest BCUT2D eigenvalue weighted by atomic mass is 16.5. The van der Waals surface area contributed by atoms with Gasteiger partial charge in [0.1, 0.15) is 5.75 Å². The number of hydrogen-bond donors (Lipinski definition) is 1. The van der Waals surface area contributed by atoms with Gasteiger partial charge in [0.25, 0.3) is 0 Å². The van der Waals surface area contributed by atoms with Crippen molar-refractivity contribution in [2.24, 2.45) is 5.73 Å². The van der Waals surface area contributed by atoms with Crippen molar-refractivity contribution in [2.75, 3.05) is 46.8 Å². The highest BCUT2D eigenvalue weighted by molar-refractivity contribution is 5.32. The second-order valence-corrected chi connectivity index (χ2v) is 4.23. The van der Waals surface area contributed by atoms with Crippen molar-refractivity contribution >= 4 is 0 Å². The molecule has 5 nitrogen and oxygen atoms in total. The van der Waals surface area contributed by atoms with Gasteiger partial charge in [-0.25, -0.2) is 0 Å². The van der Waals surface area contributed by atoms with E-state index in [-0.39, 0.29) is 0 Å². The smallest absolute Gasteiger partial charge is 0.123 e. The summed E-state index contributed by atoms with van der Waals surface area (Å²) in [4.78, 5) is 0. The van der Waals surface area contributed by atoms with Crippen molar-refractivity contribution < 1.29 is 18.9 Å². The highest BCUT2D eigenvalue weighted by Gasteiger charge is 2.00. The van der Waals surface area contributed by atoms with Gasteiger partial charge in [-0.2, -0.15) is 0 Å². The standard InChI is InChI=1S/C15H25NO4/c1-17-9-10-19-12-11-18-7-4-8-20-15-6-3-2-5-14(15)13-16/h2-3,5-6H,4,7-13,16H2,1H3. The van der Waals surface area contributed by atoms with Gasteiger partial charge in [0.05, 0.1) is 33.0 Å². The maximum atomic E-state index is 5.68. The Morgan fingerprint density at radius 1 is 0.900 bits per heavy atom. The first kappa shape index (κ1) is 16.9. The summed E-state index contributed by atoms with van der Waals surface area (Å²) in [5, 5.41) is 0. The van der Waals surface area contributed by atoms with E-state index in [0.717, 1.165) is 17.7 Å². The molecule has 1 rings (SSSR count). The van der Waals surface area contributed by atoms with Crippen LogP contribution in [0, 0.1) is 0 Å². The molecule has 0 aliphatic rings. The third kappa shape index (κ3) is 7.45. The first-order chi connectivity index (χ1) is 9.88. The van der Waals surface area contributed by atoms with Crippen LogP contribution >= 0.6 is 0 Å². The van der Waals surface area contributed by atoms with Gasteiger partial charge in [0.15, 0.2) is 0 Å². The van der Waals surface area contributed by atoms with E-state index >= 15 is 0 Å². The summed E-state index contributed by atoms with van der Waals surface area (Å²) >= 11 is 0. The molecule has 0 heterocycles. The molecule has 0 saturated carbocycles. The molecule has 1 aromatic carbocycles. The summed E-state index contributed by atoms with van der Waals surface area (Å²) in [7, 11) is 1.66. The van der Waals surface area contributed by atoms with Crippen LogP contribution in [0.1, 0.15) is 12.0 Å². The number of hydrogen-bond acceptors (Lipinski definition) is 5. The van der Waals surface area contributed by atoms with Gasteiger partial charge in [-0.15, -0.1) is 0 Å². The van der Waals surface area contributed by atoms with Crippen molar-refractivity contribution in [1.82, 2.24) is 0 Å². The van der Waals surface area contributed by atoms with Crippen molar-refractivity contribution in [3.63, 3.8) is 0 Å². The molecule has 5 heteroatoms. The Morgan fingerprint density at radius 3 is 2.35 bits per heavy atom. The number of rotatable bonds is 12. The summed E-state index contributed by atoms with van der Waals surface area (Å²) in [5.41, 5.74) is 6.67. The van der Waals surface area contributed by atoms with E-state index in [0.29, 0.717) is 46.2 Å². The van der Waals surface area contributed by atoms with Crippen molar-refractivity contribution in [1.29, 1.82) is 0 Å². The lowest BCUT2D eigenvalue weighted by Gasteiger charge is -2.10. The summed E-state index contributed by atoms with van der Waals surface area (Å²) in [6.45, 7) is 4.21. The van der Waals surface area contributed by atoms with E-state index in [1.807, 2.05) is 24.3 Å². The molecule has 1 aromatic rings. The monoisotopic (exact) mass is 283 g/mol. The van der Waals surface area contributed by atoms with E-state index in [2.05, 4.69) is 0 Å². The summed E-state index contributed by atoms with van der Waals surface area (Å²) in [5.74, 6) is 0.859. The SMILES string of the molecule is COCCOCCOCCCOc1ccccc1CN. The predicted octanol–water partition coefficient (Wildman–Crippen LogP) is 1.59. The van der Waals surface area contributed by atoms with Crippen molar-refractivity contribution in [3.8, 4) is 5.75 Å². The van der Waals surface area contributed by atoms with Gasteiger partial charge < -0.3 is 24.7 Å². The van der Waals surface area contributed by atoms with Crippen LogP contribution < -0.4 is 10.5 Å². The highest BCUT2D eigenvalue weighted by Crippen LogP contribution is 2.16. The number of benzene rings is 1. The second kappa shape index (κ2) is 11.7. The molecule has 20 heavy (non-hydrogen) atoms. The Balaban J connectivity index is 1.97. The molecule has 0 fully saturated rings. The lowest BCUT2D eigenvalue weighted by atomic mass is 10.2. The van der Waals surface area contributed by atoms with Crippen LogP contribution in [0.3, 0.4) is 0 Å². The van der Waals surface area contributed by atoms with Crippen molar-refractivity contribution in [3.05, 3.63) is 29.8 Å². The Morgan fingerprint density at radius 2 is 1.60 bits per heavy atom. The van der Waals surface area contributed by atoms with Crippen LogP contribution in [0.4, 0.5) is 0 Å². The average molecular weight is 283 g/mol. The van der Waals surface area contributed by atoms with E-state index < -0.39 is 0 Å². The van der Waals surface area contributed by atoms with E-state index in [4.69, 9.17) is 24.7 Å². The van der Waals surface area contributed by atoms with Crippen LogP contribution in [0.5, 0.6) is 5.75 Å². The fourth-order valence-electron chi connectivity index (χ4n) is 1.62.